The number of aliphatic hydroxyl groups excluding tert-OH is 1. The lowest BCUT2D eigenvalue weighted by Crippen LogP contribution is -2.51. The molecule has 0 spiro atoms. The van der Waals surface area contributed by atoms with E-state index in [2.05, 4.69) is 16.4 Å². The molecule has 1 aromatic rings. The van der Waals surface area contributed by atoms with Crippen molar-refractivity contribution in [3.05, 3.63) is 64.5 Å². The van der Waals surface area contributed by atoms with Gasteiger partial charge < -0.3 is 20.9 Å². The van der Waals surface area contributed by atoms with Gasteiger partial charge in [0.05, 0.1) is 17.7 Å². The van der Waals surface area contributed by atoms with Crippen LogP contribution in [0.2, 0.25) is 0 Å². The molecule has 31 heavy (non-hydrogen) atoms. The van der Waals surface area contributed by atoms with Crippen LogP contribution < -0.4 is 15.8 Å². The first-order chi connectivity index (χ1) is 15.1. The number of aliphatic imine (C=N–C) groups is 1. The van der Waals surface area contributed by atoms with Gasteiger partial charge in [-0.15, -0.1) is 0 Å². The van der Waals surface area contributed by atoms with Gasteiger partial charge in [-0.2, -0.15) is 0 Å². The summed E-state index contributed by atoms with van der Waals surface area (Å²) in [4.78, 5) is 18.9. The number of hydrogen-bond acceptors (Lipinski definition) is 6. The Morgan fingerprint density at radius 1 is 1.35 bits per heavy atom. The first kappa shape index (κ1) is 21.2. The zero-order valence-electron chi connectivity index (χ0n) is 17.9. The standard InChI is InChI=1S/C24H30N4O3/c1-26-14-18(12-25)20-8-6-17(13-27-20)10-16-7-9-23-19(11-16)24(30)28(15-31-23)21-4-2-3-5-22(21)29/h6-9,11-12,14,21-22,27,29H,2-5,10,13,15,25H2,1H3/t21-,22-/m0/s1. The summed E-state index contributed by atoms with van der Waals surface area (Å²) in [5, 5.41) is 13.8. The molecule has 0 unspecified atom stereocenters. The van der Waals surface area contributed by atoms with Gasteiger partial charge in [0.1, 0.15) is 5.75 Å². The fourth-order valence-corrected chi connectivity index (χ4v) is 4.49. The third-order valence-corrected chi connectivity index (χ3v) is 6.17. The number of ether oxygens (including phenoxy) is 1. The van der Waals surface area contributed by atoms with Crippen LogP contribution >= 0.6 is 0 Å². The quantitative estimate of drug-likeness (QED) is 0.632. The van der Waals surface area contributed by atoms with Crippen LogP contribution in [0.1, 0.15) is 41.6 Å². The first-order valence-electron chi connectivity index (χ1n) is 10.8. The van der Waals surface area contributed by atoms with Gasteiger partial charge in [-0.25, -0.2) is 0 Å². The molecular weight excluding hydrogens is 392 g/mol. The average Bonchev–Trinajstić information content (AvgIpc) is 2.79. The van der Waals surface area contributed by atoms with E-state index < -0.39 is 6.10 Å². The molecular formula is C24H30N4O3. The van der Waals surface area contributed by atoms with E-state index in [1.165, 1.54) is 11.8 Å². The molecule has 0 aromatic heterocycles. The highest BCUT2D eigenvalue weighted by Gasteiger charge is 2.36. The van der Waals surface area contributed by atoms with E-state index in [4.69, 9.17) is 10.5 Å². The number of carbonyl (C=O) groups is 1. The van der Waals surface area contributed by atoms with E-state index >= 15 is 0 Å². The maximum atomic E-state index is 13.2. The number of nitrogens with two attached hydrogens (primary N) is 1. The second kappa shape index (κ2) is 9.39. The number of fused-ring (bicyclic) bond motifs is 1. The van der Waals surface area contributed by atoms with E-state index in [0.29, 0.717) is 17.9 Å². The van der Waals surface area contributed by atoms with E-state index in [9.17, 15) is 9.90 Å². The van der Waals surface area contributed by atoms with Gasteiger partial charge in [-0.3, -0.25) is 14.7 Å². The lowest BCUT2D eigenvalue weighted by molar-refractivity contribution is -0.0124. The van der Waals surface area contributed by atoms with Crippen molar-refractivity contribution < 1.29 is 14.6 Å². The number of allylic oxidation sites excluding steroid dienone is 3. The molecule has 0 radical (unpaired) electrons. The maximum Gasteiger partial charge on any atom is 0.260 e. The summed E-state index contributed by atoms with van der Waals surface area (Å²) in [5.41, 5.74) is 10.3. The van der Waals surface area contributed by atoms with Crippen molar-refractivity contribution in [2.24, 2.45) is 10.7 Å². The van der Waals surface area contributed by atoms with Gasteiger partial charge in [0.2, 0.25) is 0 Å². The Morgan fingerprint density at radius 3 is 2.90 bits per heavy atom. The summed E-state index contributed by atoms with van der Waals surface area (Å²) in [5.74, 6) is 0.563. The minimum Gasteiger partial charge on any atom is -0.472 e. The summed E-state index contributed by atoms with van der Waals surface area (Å²) in [6, 6.07) is 5.64. The summed E-state index contributed by atoms with van der Waals surface area (Å²) in [6.07, 6.45) is 11.2. The molecule has 7 nitrogen and oxygen atoms in total. The van der Waals surface area contributed by atoms with Gasteiger partial charge in [-0.05, 0) is 48.6 Å². The number of rotatable bonds is 5. The van der Waals surface area contributed by atoms with Gasteiger partial charge in [0.15, 0.2) is 6.73 Å². The van der Waals surface area contributed by atoms with Crippen LogP contribution in [-0.2, 0) is 6.42 Å². The summed E-state index contributed by atoms with van der Waals surface area (Å²) >= 11 is 0. The molecule has 4 rings (SSSR count). The molecule has 2 aliphatic heterocycles. The minimum atomic E-state index is -0.476. The van der Waals surface area contributed by atoms with Crippen molar-refractivity contribution in [2.75, 3.05) is 20.3 Å². The Hall–Kier alpha value is -3.06. The van der Waals surface area contributed by atoms with Crippen molar-refractivity contribution in [3.63, 3.8) is 0 Å². The monoisotopic (exact) mass is 422 g/mol. The number of nitrogens with one attached hydrogen (secondary N) is 1. The second-order valence-electron chi connectivity index (χ2n) is 8.24. The zero-order valence-corrected chi connectivity index (χ0v) is 17.9. The molecule has 164 valence electrons. The number of aliphatic hydroxyl groups is 1. The topological polar surface area (TPSA) is 100 Å². The van der Waals surface area contributed by atoms with Crippen molar-refractivity contribution in [1.82, 2.24) is 10.2 Å². The van der Waals surface area contributed by atoms with Crippen molar-refractivity contribution >= 4 is 12.1 Å². The van der Waals surface area contributed by atoms with Crippen LogP contribution in [0.15, 0.2) is 58.4 Å². The Bertz CT molecular complexity index is 964. The molecule has 1 saturated carbocycles. The normalized spacial score (nSPS) is 24.3. The van der Waals surface area contributed by atoms with E-state index in [1.54, 1.807) is 18.2 Å². The molecule has 0 bridgehead atoms. The van der Waals surface area contributed by atoms with E-state index in [-0.39, 0.29) is 18.7 Å². The fourth-order valence-electron chi connectivity index (χ4n) is 4.49. The molecule has 4 N–H and O–H groups in total. The molecule has 3 aliphatic rings. The van der Waals surface area contributed by atoms with Gasteiger partial charge >= 0.3 is 0 Å². The second-order valence-corrected chi connectivity index (χ2v) is 8.24. The van der Waals surface area contributed by atoms with Crippen LogP contribution in [-0.4, -0.2) is 54.6 Å². The van der Waals surface area contributed by atoms with Crippen LogP contribution in [0.4, 0.5) is 0 Å². The molecule has 7 heteroatoms. The number of dihydropyridines is 1. The molecule has 1 aromatic carbocycles. The Morgan fingerprint density at radius 2 is 2.19 bits per heavy atom. The maximum absolute atomic E-state index is 13.2. The molecule has 1 aliphatic carbocycles. The molecule has 2 heterocycles. The van der Waals surface area contributed by atoms with Gasteiger partial charge in [0.25, 0.3) is 5.91 Å². The number of amides is 1. The van der Waals surface area contributed by atoms with Crippen molar-refractivity contribution in [3.8, 4) is 5.75 Å². The predicted molar refractivity (Wildman–Crippen MR) is 121 cm³/mol. The van der Waals surface area contributed by atoms with Crippen LogP contribution in [0, 0.1) is 0 Å². The summed E-state index contributed by atoms with van der Waals surface area (Å²) in [7, 11) is 1.71. The molecule has 0 saturated heterocycles. The molecule has 2 atom stereocenters. The lowest BCUT2D eigenvalue weighted by atomic mass is 9.90. The minimum absolute atomic E-state index is 0.0523. The third kappa shape index (κ3) is 4.51. The Balaban J connectivity index is 1.50. The summed E-state index contributed by atoms with van der Waals surface area (Å²) in [6.45, 7) is 0.899. The number of benzene rings is 1. The van der Waals surface area contributed by atoms with Gasteiger partial charge in [-0.1, -0.05) is 25.0 Å². The highest BCUT2D eigenvalue weighted by Crippen LogP contribution is 2.32. The van der Waals surface area contributed by atoms with Gasteiger partial charge in [0, 0.05) is 37.3 Å². The third-order valence-electron chi connectivity index (χ3n) is 6.17. The summed E-state index contributed by atoms with van der Waals surface area (Å²) < 4.78 is 5.86. The SMILES string of the molecule is CN=CC(=CN)C1=CC=C(Cc2ccc3c(c2)C(=O)N([C@H]2CCCC[C@@H]2O)CO3)CN1. The molecule has 1 fully saturated rings. The Kier molecular flexibility index (Phi) is 6.42. The highest BCUT2D eigenvalue weighted by molar-refractivity contribution is 5.98. The van der Waals surface area contributed by atoms with Crippen molar-refractivity contribution in [2.45, 2.75) is 44.2 Å². The average molecular weight is 423 g/mol. The lowest BCUT2D eigenvalue weighted by Gasteiger charge is -2.39. The fraction of sp³-hybridized carbons (Fsp3) is 0.417. The van der Waals surface area contributed by atoms with E-state index in [0.717, 1.165) is 48.9 Å². The highest BCUT2D eigenvalue weighted by atomic mass is 16.5. The van der Waals surface area contributed by atoms with Crippen LogP contribution in [0.3, 0.4) is 0 Å². The largest absolute Gasteiger partial charge is 0.472 e. The van der Waals surface area contributed by atoms with E-state index in [1.807, 2.05) is 24.3 Å². The van der Waals surface area contributed by atoms with Crippen LogP contribution in [0.25, 0.3) is 0 Å². The predicted octanol–water partition coefficient (Wildman–Crippen LogP) is 2.28. The number of nitrogens with zero attached hydrogens (tertiary/aromatic N) is 2. The smallest absolute Gasteiger partial charge is 0.260 e. The first-order valence-corrected chi connectivity index (χ1v) is 10.8. The van der Waals surface area contributed by atoms with Crippen LogP contribution in [0.5, 0.6) is 5.75 Å². The van der Waals surface area contributed by atoms with Crippen molar-refractivity contribution in [1.29, 1.82) is 0 Å². The number of carbonyl (C=O) groups excluding carboxylic acids is 1. The molecule has 1 amide bonds. The zero-order chi connectivity index (χ0) is 21.8. The Labute approximate surface area is 183 Å². The number of hydrogen-bond donors (Lipinski definition) is 3.